The topological polar surface area (TPSA) is 38.8 Å². The Balaban J connectivity index is 1.72. The molecular weight excluding hydrogens is 394 g/mol. The normalized spacial score (nSPS) is 20.0. The second-order valence-corrected chi connectivity index (χ2v) is 8.83. The third-order valence-corrected chi connectivity index (χ3v) is 6.18. The van der Waals surface area contributed by atoms with Crippen LogP contribution < -0.4 is 5.46 Å². The zero-order valence-corrected chi connectivity index (χ0v) is 17.3. The Morgan fingerprint density at radius 2 is 1.63 bits per heavy atom. The Kier molecular flexibility index (Phi) is 4.78. The van der Waals surface area contributed by atoms with Crippen molar-refractivity contribution in [1.82, 2.24) is 4.90 Å². The lowest BCUT2D eigenvalue weighted by Crippen LogP contribution is -2.41. The number of halogens is 3. The monoisotopic (exact) mass is 417 g/mol. The van der Waals surface area contributed by atoms with E-state index in [1.54, 1.807) is 32.6 Å². The van der Waals surface area contributed by atoms with Gasteiger partial charge in [-0.25, -0.2) is 0 Å². The number of amides is 1. The Bertz CT molecular complexity index is 973. The second kappa shape index (κ2) is 6.85. The summed E-state index contributed by atoms with van der Waals surface area (Å²) in [4.78, 5) is 14.5. The van der Waals surface area contributed by atoms with Gasteiger partial charge in [0.1, 0.15) is 0 Å². The first-order chi connectivity index (χ1) is 13.9. The molecule has 0 N–H and O–H groups in total. The summed E-state index contributed by atoms with van der Waals surface area (Å²) in [6, 6.07) is 11.7. The van der Waals surface area contributed by atoms with Crippen molar-refractivity contribution in [2.45, 2.75) is 58.2 Å². The van der Waals surface area contributed by atoms with E-state index in [4.69, 9.17) is 9.31 Å². The van der Waals surface area contributed by atoms with Crippen LogP contribution in [-0.2, 0) is 28.6 Å². The lowest BCUT2D eigenvalue weighted by atomic mass is 9.74. The minimum absolute atomic E-state index is 0.135. The van der Waals surface area contributed by atoms with Gasteiger partial charge in [-0.15, -0.1) is 0 Å². The van der Waals surface area contributed by atoms with E-state index in [0.29, 0.717) is 12.1 Å². The van der Waals surface area contributed by atoms with Crippen LogP contribution in [0.25, 0.3) is 0 Å². The lowest BCUT2D eigenvalue weighted by molar-refractivity contribution is -0.136. The molecular formula is C22H23BF3NO3. The highest BCUT2D eigenvalue weighted by atomic mass is 19.4. The molecule has 8 heteroatoms. The summed E-state index contributed by atoms with van der Waals surface area (Å²) in [6.45, 7) is 7.58. The number of alkyl halides is 3. The highest BCUT2D eigenvalue weighted by Gasteiger charge is 2.54. The summed E-state index contributed by atoms with van der Waals surface area (Å²) < 4.78 is 53.4. The van der Waals surface area contributed by atoms with E-state index in [9.17, 15) is 18.0 Å². The molecule has 4 rings (SSSR count). The molecule has 0 spiro atoms. The molecule has 0 saturated carbocycles. The van der Waals surface area contributed by atoms with Crippen molar-refractivity contribution >= 4 is 18.5 Å². The molecule has 0 aliphatic carbocycles. The number of benzene rings is 2. The molecule has 158 valence electrons. The van der Waals surface area contributed by atoms with Gasteiger partial charge in [0.15, 0.2) is 0 Å². The van der Waals surface area contributed by atoms with Crippen LogP contribution in [0.15, 0.2) is 42.5 Å². The highest BCUT2D eigenvalue weighted by Crippen LogP contribution is 2.39. The van der Waals surface area contributed by atoms with Gasteiger partial charge in [-0.3, -0.25) is 4.79 Å². The molecule has 1 amide bonds. The fourth-order valence-electron chi connectivity index (χ4n) is 3.78. The van der Waals surface area contributed by atoms with Crippen molar-refractivity contribution < 1.29 is 27.3 Å². The standard InChI is InChI=1S/C22H23BF3NO3/c1-20(2)21(3,4)30-23(29-20)18-11-16-15(10-17(18)22(24,25)26)13-27(19(16)28)12-14-8-6-5-7-9-14/h5-11H,12-13H2,1-4H3. The van der Waals surface area contributed by atoms with Gasteiger partial charge in [0.25, 0.3) is 5.91 Å². The molecule has 1 saturated heterocycles. The van der Waals surface area contributed by atoms with Crippen molar-refractivity contribution in [2.75, 3.05) is 0 Å². The third kappa shape index (κ3) is 3.52. The molecule has 2 aliphatic rings. The van der Waals surface area contributed by atoms with Crippen LogP contribution >= 0.6 is 0 Å². The molecule has 2 aromatic rings. The van der Waals surface area contributed by atoms with Gasteiger partial charge in [-0.1, -0.05) is 30.3 Å². The number of carbonyl (C=O) groups excluding carboxylic acids is 1. The molecule has 0 unspecified atom stereocenters. The van der Waals surface area contributed by atoms with Gasteiger partial charge in [0.2, 0.25) is 0 Å². The Labute approximate surface area is 174 Å². The SMILES string of the molecule is CC1(C)OB(c2cc3c(cc2C(F)(F)F)CN(Cc2ccccc2)C3=O)OC1(C)C. The first-order valence-corrected chi connectivity index (χ1v) is 9.82. The van der Waals surface area contributed by atoms with E-state index in [-0.39, 0.29) is 23.5 Å². The quantitative estimate of drug-likeness (QED) is 0.705. The lowest BCUT2D eigenvalue weighted by Gasteiger charge is -2.32. The third-order valence-electron chi connectivity index (χ3n) is 6.18. The smallest absolute Gasteiger partial charge is 0.399 e. The molecule has 30 heavy (non-hydrogen) atoms. The predicted octanol–water partition coefficient (Wildman–Crippen LogP) is 4.16. The van der Waals surface area contributed by atoms with Crippen LogP contribution in [0.3, 0.4) is 0 Å². The van der Waals surface area contributed by atoms with Crippen molar-refractivity contribution in [1.29, 1.82) is 0 Å². The zero-order valence-electron chi connectivity index (χ0n) is 17.3. The summed E-state index contributed by atoms with van der Waals surface area (Å²) in [5.41, 5.74) is -1.01. The van der Waals surface area contributed by atoms with Crippen LogP contribution in [0.4, 0.5) is 13.2 Å². The highest BCUT2D eigenvalue weighted by molar-refractivity contribution is 6.62. The Morgan fingerprint density at radius 3 is 2.20 bits per heavy atom. The largest absolute Gasteiger partial charge is 0.495 e. The fraction of sp³-hybridized carbons (Fsp3) is 0.409. The fourth-order valence-corrected chi connectivity index (χ4v) is 3.78. The number of fused-ring (bicyclic) bond motifs is 1. The van der Waals surface area contributed by atoms with Gasteiger partial charge < -0.3 is 14.2 Å². The summed E-state index contributed by atoms with van der Waals surface area (Å²) in [6.07, 6.45) is -4.59. The van der Waals surface area contributed by atoms with Crippen LogP contribution in [0.1, 0.15) is 54.7 Å². The molecule has 2 aliphatic heterocycles. The van der Waals surface area contributed by atoms with Crippen molar-refractivity contribution in [3.63, 3.8) is 0 Å². The second-order valence-electron chi connectivity index (χ2n) is 8.83. The zero-order chi connectivity index (χ0) is 21.9. The van der Waals surface area contributed by atoms with Gasteiger partial charge in [0, 0.05) is 18.7 Å². The average Bonchev–Trinajstić information content (AvgIpc) is 3.06. The van der Waals surface area contributed by atoms with Crippen LogP contribution in [0, 0.1) is 0 Å². The molecule has 0 bridgehead atoms. The number of rotatable bonds is 3. The summed E-state index contributed by atoms with van der Waals surface area (Å²) >= 11 is 0. The number of carbonyl (C=O) groups is 1. The first-order valence-electron chi connectivity index (χ1n) is 9.82. The summed E-state index contributed by atoms with van der Waals surface area (Å²) in [5.74, 6) is -0.291. The summed E-state index contributed by atoms with van der Waals surface area (Å²) in [5, 5.41) is 0. The average molecular weight is 417 g/mol. The first kappa shape index (κ1) is 20.9. The minimum Gasteiger partial charge on any atom is -0.399 e. The molecule has 0 atom stereocenters. The van der Waals surface area contributed by atoms with Crippen molar-refractivity contribution in [2.24, 2.45) is 0 Å². The Hall–Kier alpha value is -2.32. The maximum Gasteiger partial charge on any atom is 0.495 e. The number of nitrogens with zero attached hydrogens (tertiary/aromatic N) is 1. The van der Waals surface area contributed by atoms with Gasteiger partial charge >= 0.3 is 13.3 Å². The molecule has 0 radical (unpaired) electrons. The summed E-state index contributed by atoms with van der Waals surface area (Å²) in [7, 11) is -1.20. The van der Waals surface area contributed by atoms with Gasteiger partial charge in [-0.05, 0) is 56.4 Å². The molecule has 1 fully saturated rings. The maximum atomic E-state index is 13.9. The molecule has 2 heterocycles. The molecule has 4 nitrogen and oxygen atoms in total. The van der Waals surface area contributed by atoms with Crippen molar-refractivity contribution in [3.05, 3.63) is 64.7 Å². The van der Waals surface area contributed by atoms with E-state index in [2.05, 4.69) is 0 Å². The van der Waals surface area contributed by atoms with Crippen LogP contribution in [0.5, 0.6) is 0 Å². The van der Waals surface area contributed by atoms with Gasteiger partial charge in [-0.2, -0.15) is 13.2 Å². The van der Waals surface area contributed by atoms with E-state index in [1.807, 2.05) is 30.3 Å². The van der Waals surface area contributed by atoms with E-state index in [1.165, 1.54) is 6.07 Å². The maximum absolute atomic E-state index is 13.9. The van der Waals surface area contributed by atoms with E-state index >= 15 is 0 Å². The van der Waals surface area contributed by atoms with Gasteiger partial charge in [0.05, 0.1) is 16.8 Å². The van der Waals surface area contributed by atoms with E-state index in [0.717, 1.165) is 11.6 Å². The predicted molar refractivity (Wildman–Crippen MR) is 107 cm³/mol. The minimum atomic E-state index is -4.59. The number of hydrogen-bond donors (Lipinski definition) is 0. The number of hydrogen-bond acceptors (Lipinski definition) is 3. The molecule has 2 aromatic carbocycles. The Morgan fingerprint density at radius 1 is 1.03 bits per heavy atom. The van der Waals surface area contributed by atoms with E-state index < -0.39 is 30.1 Å². The van der Waals surface area contributed by atoms with Crippen molar-refractivity contribution in [3.8, 4) is 0 Å². The van der Waals surface area contributed by atoms with Crippen LogP contribution in [-0.4, -0.2) is 29.1 Å². The molecule has 0 aromatic heterocycles. The van der Waals surface area contributed by atoms with Crippen LogP contribution in [0.2, 0.25) is 0 Å².